The first kappa shape index (κ1) is 17.7. The van der Waals surface area contributed by atoms with Crippen molar-refractivity contribution in [1.29, 1.82) is 0 Å². The van der Waals surface area contributed by atoms with Crippen LogP contribution in [0.1, 0.15) is 45.1 Å². The molecule has 1 saturated heterocycles. The third-order valence-corrected chi connectivity index (χ3v) is 5.14. The summed E-state index contributed by atoms with van der Waals surface area (Å²) < 4.78 is 0. The SMILES string of the molecule is C/C=C/[C@H]1CN(C(=O)[C@@H]2C[C@H]2c2ccccc2)[C@@H](CC(C)C)C(=O)N1. The molecule has 4 heteroatoms. The normalized spacial score (nSPS) is 29.1. The number of hydrogen-bond acceptors (Lipinski definition) is 2. The third-order valence-electron chi connectivity index (χ3n) is 5.14. The zero-order valence-electron chi connectivity index (χ0n) is 15.3. The predicted octanol–water partition coefficient (Wildman–Crippen LogP) is 3.11. The number of nitrogens with zero attached hydrogens (tertiary/aromatic N) is 1. The second-order valence-electron chi connectivity index (χ2n) is 7.64. The van der Waals surface area contributed by atoms with Gasteiger partial charge in [-0.25, -0.2) is 0 Å². The minimum absolute atomic E-state index is 0.0201. The van der Waals surface area contributed by atoms with E-state index < -0.39 is 0 Å². The molecule has 1 saturated carbocycles. The van der Waals surface area contributed by atoms with Crippen LogP contribution in [0.3, 0.4) is 0 Å². The number of hydrogen-bond donors (Lipinski definition) is 1. The van der Waals surface area contributed by atoms with Crippen molar-refractivity contribution in [1.82, 2.24) is 10.2 Å². The Morgan fingerprint density at radius 3 is 2.68 bits per heavy atom. The largest absolute Gasteiger partial charge is 0.346 e. The fourth-order valence-corrected chi connectivity index (χ4v) is 3.82. The molecule has 2 fully saturated rings. The Labute approximate surface area is 150 Å². The lowest BCUT2D eigenvalue weighted by atomic mass is 9.97. The van der Waals surface area contributed by atoms with Gasteiger partial charge in [-0.1, -0.05) is 56.3 Å². The first-order valence-corrected chi connectivity index (χ1v) is 9.29. The quantitative estimate of drug-likeness (QED) is 0.837. The monoisotopic (exact) mass is 340 g/mol. The fourth-order valence-electron chi connectivity index (χ4n) is 3.82. The molecule has 134 valence electrons. The number of piperazine rings is 1. The van der Waals surface area contributed by atoms with Gasteiger partial charge in [0.15, 0.2) is 0 Å². The van der Waals surface area contributed by atoms with E-state index in [1.807, 2.05) is 42.2 Å². The first-order valence-electron chi connectivity index (χ1n) is 9.29. The summed E-state index contributed by atoms with van der Waals surface area (Å²) in [6.07, 6.45) is 5.50. The first-order chi connectivity index (χ1) is 12.0. The van der Waals surface area contributed by atoms with Gasteiger partial charge in [-0.05, 0) is 37.2 Å². The molecule has 0 unspecified atom stereocenters. The van der Waals surface area contributed by atoms with Gasteiger partial charge in [-0.3, -0.25) is 9.59 Å². The highest BCUT2D eigenvalue weighted by Gasteiger charge is 2.49. The Morgan fingerprint density at radius 2 is 2.04 bits per heavy atom. The van der Waals surface area contributed by atoms with Crippen molar-refractivity contribution in [2.45, 2.75) is 51.6 Å². The summed E-state index contributed by atoms with van der Waals surface area (Å²) in [4.78, 5) is 27.6. The summed E-state index contributed by atoms with van der Waals surface area (Å²) in [6.45, 7) is 6.70. The van der Waals surface area contributed by atoms with Crippen LogP contribution in [0.5, 0.6) is 0 Å². The maximum atomic E-state index is 13.2. The number of allylic oxidation sites excluding steroid dienone is 1. The molecule has 0 spiro atoms. The summed E-state index contributed by atoms with van der Waals surface area (Å²) in [6, 6.07) is 9.80. The molecule has 3 rings (SSSR count). The van der Waals surface area contributed by atoms with Crippen molar-refractivity contribution in [3.05, 3.63) is 48.0 Å². The van der Waals surface area contributed by atoms with Gasteiger partial charge in [0.2, 0.25) is 11.8 Å². The number of benzene rings is 1. The molecule has 1 aromatic carbocycles. The molecule has 1 aliphatic carbocycles. The molecule has 0 radical (unpaired) electrons. The average molecular weight is 340 g/mol. The fraction of sp³-hybridized carbons (Fsp3) is 0.524. The van der Waals surface area contributed by atoms with Gasteiger partial charge in [0.25, 0.3) is 0 Å². The Bertz CT molecular complexity index is 653. The van der Waals surface area contributed by atoms with Crippen molar-refractivity contribution in [2.24, 2.45) is 11.8 Å². The minimum Gasteiger partial charge on any atom is -0.346 e. The molecule has 1 aliphatic heterocycles. The van der Waals surface area contributed by atoms with Crippen molar-refractivity contribution in [2.75, 3.05) is 6.54 Å². The van der Waals surface area contributed by atoms with Gasteiger partial charge in [0.1, 0.15) is 6.04 Å². The third kappa shape index (κ3) is 3.94. The molecule has 0 aromatic heterocycles. The topological polar surface area (TPSA) is 49.4 Å². The number of amides is 2. The van der Waals surface area contributed by atoms with Crippen molar-refractivity contribution >= 4 is 11.8 Å². The van der Waals surface area contributed by atoms with Gasteiger partial charge in [0.05, 0.1) is 6.04 Å². The molecule has 2 aliphatic rings. The summed E-state index contributed by atoms with van der Waals surface area (Å²) in [5, 5.41) is 3.04. The Morgan fingerprint density at radius 1 is 1.32 bits per heavy atom. The molecule has 0 bridgehead atoms. The van der Waals surface area contributed by atoms with E-state index in [0.717, 1.165) is 6.42 Å². The van der Waals surface area contributed by atoms with Crippen LogP contribution >= 0.6 is 0 Å². The van der Waals surface area contributed by atoms with Crippen molar-refractivity contribution < 1.29 is 9.59 Å². The van der Waals surface area contributed by atoms with Crippen LogP contribution in [0.2, 0.25) is 0 Å². The lowest BCUT2D eigenvalue weighted by molar-refractivity contribution is -0.145. The van der Waals surface area contributed by atoms with Gasteiger partial charge in [-0.2, -0.15) is 0 Å². The van der Waals surface area contributed by atoms with E-state index in [1.165, 1.54) is 5.56 Å². The highest BCUT2D eigenvalue weighted by molar-refractivity contribution is 5.91. The standard InChI is InChI=1S/C21H28N2O2/c1-4-8-16-13-23(19(11-14(2)3)20(24)22-16)21(25)18-12-17(18)15-9-6-5-7-10-15/h4-10,14,16-19H,11-13H2,1-3H3,(H,22,24)/b8-4+/t16-,17-,18+,19-/m0/s1. The molecule has 1 aromatic rings. The van der Waals surface area contributed by atoms with E-state index in [2.05, 4.69) is 31.3 Å². The smallest absolute Gasteiger partial charge is 0.243 e. The molecule has 25 heavy (non-hydrogen) atoms. The van der Waals surface area contributed by atoms with Crippen LogP contribution < -0.4 is 5.32 Å². The lowest BCUT2D eigenvalue weighted by Gasteiger charge is -2.39. The van der Waals surface area contributed by atoms with Crippen molar-refractivity contribution in [3.8, 4) is 0 Å². The molecule has 1 N–H and O–H groups in total. The summed E-state index contributed by atoms with van der Waals surface area (Å²) in [7, 11) is 0. The van der Waals surface area contributed by atoms with E-state index in [0.29, 0.717) is 24.8 Å². The van der Waals surface area contributed by atoms with Crippen molar-refractivity contribution in [3.63, 3.8) is 0 Å². The van der Waals surface area contributed by atoms with E-state index in [-0.39, 0.29) is 29.8 Å². The molecular weight excluding hydrogens is 312 g/mol. The average Bonchev–Trinajstić information content (AvgIpc) is 3.38. The van der Waals surface area contributed by atoms with Gasteiger partial charge in [0, 0.05) is 12.5 Å². The Kier molecular flexibility index (Phi) is 5.26. The molecule has 4 atom stereocenters. The molecule has 4 nitrogen and oxygen atoms in total. The summed E-state index contributed by atoms with van der Waals surface area (Å²) in [5.41, 5.74) is 1.23. The minimum atomic E-state index is -0.342. The van der Waals surface area contributed by atoms with Crippen LogP contribution in [0, 0.1) is 11.8 Å². The summed E-state index contributed by atoms with van der Waals surface area (Å²) >= 11 is 0. The maximum absolute atomic E-state index is 13.2. The zero-order chi connectivity index (χ0) is 18.0. The number of carbonyl (C=O) groups is 2. The van der Waals surface area contributed by atoms with Crippen LogP contribution in [0.4, 0.5) is 0 Å². The molecule has 2 amide bonds. The second kappa shape index (κ2) is 7.42. The Hall–Kier alpha value is -2.10. The van der Waals surface area contributed by atoms with Crippen LogP contribution in [-0.2, 0) is 9.59 Å². The molecular formula is C21H28N2O2. The van der Waals surface area contributed by atoms with Crippen LogP contribution in [-0.4, -0.2) is 35.3 Å². The number of rotatable bonds is 5. The maximum Gasteiger partial charge on any atom is 0.243 e. The van der Waals surface area contributed by atoms with E-state index in [9.17, 15) is 9.59 Å². The van der Waals surface area contributed by atoms with Gasteiger partial charge >= 0.3 is 0 Å². The van der Waals surface area contributed by atoms with Gasteiger partial charge < -0.3 is 10.2 Å². The second-order valence-corrected chi connectivity index (χ2v) is 7.64. The van der Waals surface area contributed by atoms with E-state index in [1.54, 1.807) is 0 Å². The number of nitrogens with one attached hydrogen (secondary N) is 1. The Balaban J connectivity index is 1.76. The van der Waals surface area contributed by atoms with Gasteiger partial charge in [-0.15, -0.1) is 0 Å². The van der Waals surface area contributed by atoms with E-state index >= 15 is 0 Å². The highest BCUT2D eigenvalue weighted by Crippen LogP contribution is 2.48. The summed E-state index contributed by atoms with van der Waals surface area (Å²) in [5.74, 6) is 0.818. The van der Waals surface area contributed by atoms with Crippen LogP contribution in [0.25, 0.3) is 0 Å². The highest BCUT2D eigenvalue weighted by atomic mass is 16.2. The van der Waals surface area contributed by atoms with Crippen LogP contribution in [0.15, 0.2) is 42.5 Å². The molecule has 1 heterocycles. The predicted molar refractivity (Wildman–Crippen MR) is 99.0 cm³/mol. The van der Waals surface area contributed by atoms with E-state index in [4.69, 9.17) is 0 Å². The zero-order valence-corrected chi connectivity index (χ0v) is 15.3. The number of carbonyl (C=O) groups excluding carboxylic acids is 2. The lowest BCUT2D eigenvalue weighted by Crippen LogP contribution is -2.61.